The van der Waals surface area contributed by atoms with Gasteiger partial charge in [0.05, 0.1) is 34.3 Å². The van der Waals surface area contributed by atoms with Crippen LogP contribution in [-0.2, 0) is 6.42 Å². The molecule has 0 heterocycles. The molecule has 0 saturated heterocycles. The van der Waals surface area contributed by atoms with Gasteiger partial charge in [-0.2, -0.15) is 0 Å². The Hall–Kier alpha value is -0.820. The quantitative estimate of drug-likeness (QED) is 0.648. The fourth-order valence-electron chi connectivity index (χ4n) is 1.19. The number of hydrogen-bond donors (Lipinski definition) is 0. The molecule has 0 aliphatic heterocycles. The van der Waals surface area contributed by atoms with Crippen LogP contribution in [0.1, 0.15) is 46.7 Å². The van der Waals surface area contributed by atoms with Gasteiger partial charge in [-0.15, -0.1) is 0 Å². The van der Waals surface area contributed by atoms with Crippen LogP contribution in [0.4, 0.5) is 0 Å². The number of rotatable bonds is 6. The molecular weight excluding hydrogens is 182 g/mol. The summed E-state index contributed by atoms with van der Waals surface area (Å²) in [5.74, 6) is 0. The summed E-state index contributed by atoms with van der Waals surface area (Å²) in [6, 6.07) is 7.79. The number of quaternary nitrogens is 1. The van der Waals surface area contributed by atoms with Gasteiger partial charge in [0.25, 0.3) is 0 Å². The lowest BCUT2D eigenvalue weighted by Crippen LogP contribution is -2.48. The van der Waals surface area contributed by atoms with Crippen molar-refractivity contribution in [2.75, 3.05) is 26.0 Å². The summed E-state index contributed by atoms with van der Waals surface area (Å²) in [5.41, 5.74) is 0.393. The van der Waals surface area contributed by atoms with Crippen molar-refractivity contribution >= 4 is 0 Å². The van der Waals surface area contributed by atoms with Crippen molar-refractivity contribution in [1.29, 1.82) is 0 Å². The lowest BCUT2D eigenvalue weighted by Gasteiger charge is -2.35. The van der Waals surface area contributed by atoms with Crippen molar-refractivity contribution in [3.63, 3.8) is 0 Å². The summed E-state index contributed by atoms with van der Waals surface area (Å²) in [6.45, 7) is -24.1. The Morgan fingerprint density at radius 2 is 1.67 bits per heavy atom. The SMILES string of the molecule is [2H]C([2H])([2H])C([2H])([2H])[N+](CCc1ccccc1)(C([2H])([2H])C([2H])([2H])[2H])C([2H])([2H])C([2H])([2H])[2H]. The molecule has 0 bridgehead atoms. The second-order valence-corrected chi connectivity index (χ2v) is 3.10. The van der Waals surface area contributed by atoms with Crippen LogP contribution in [0, 0.1) is 0 Å². The van der Waals surface area contributed by atoms with E-state index < -0.39 is 51.1 Å². The molecule has 1 heteroatoms. The lowest BCUT2D eigenvalue weighted by molar-refractivity contribution is -0.923. The average Bonchev–Trinajstić information content (AvgIpc) is 2.52. The third kappa shape index (κ3) is 3.35. The van der Waals surface area contributed by atoms with Gasteiger partial charge in [0.1, 0.15) is 0 Å². The van der Waals surface area contributed by atoms with Gasteiger partial charge in [-0.1, -0.05) is 30.3 Å². The highest BCUT2D eigenvalue weighted by atomic mass is 15.3. The molecule has 0 unspecified atom stereocenters. The molecule has 1 nitrogen and oxygen atoms in total. The van der Waals surface area contributed by atoms with Crippen molar-refractivity contribution in [2.45, 2.75) is 27.0 Å². The maximum absolute atomic E-state index is 8.22. The van der Waals surface area contributed by atoms with E-state index in [1.165, 1.54) is 12.1 Å². The summed E-state index contributed by atoms with van der Waals surface area (Å²) in [6.07, 6.45) is -0.373. The summed E-state index contributed by atoms with van der Waals surface area (Å²) in [7, 11) is 0. The van der Waals surface area contributed by atoms with Crippen molar-refractivity contribution in [1.82, 2.24) is 0 Å². The summed E-state index contributed by atoms with van der Waals surface area (Å²) >= 11 is 0. The molecular formula is C14H24N+. The van der Waals surface area contributed by atoms with Crippen molar-refractivity contribution in [2.24, 2.45) is 0 Å². The molecule has 0 amide bonds. The molecule has 0 radical (unpaired) electrons. The molecule has 0 aliphatic carbocycles. The fourth-order valence-corrected chi connectivity index (χ4v) is 1.19. The van der Waals surface area contributed by atoms with E-state index in [9.17, 15) is 0 Å². The Labute approximate surface area is 115 Å². The predicted molar refractivity (Wildman–Crippen MR) is 66.9 cm³/mol. The third-order valence-corrected chi connectivity index (χ3v) is 2.15. The standard InChI is InChI=1S/C14H24N/c1-4-15(5-2,6-3)13-12-14-10-8-7-9-11-14/h7-11H,4-6,12-13H2,1-3H3/q+1/i1D3,2D3,3D3,4D2,5D2,6D2. The van der Waals surface area contributed by atoms with Crippen LogP contribution in [0.25, 0.3) is 0 Å². The van der Waals surface area contributed by atoms with Gasteiger partial charge in [-0.05, 0) is 26.1 Å². The second kappa shape index (κ2) is 5.92. The number of likely N-dealkylation sites (N-methyl/N-ethyl adjacent to an activating group) is 1. The van der Waals surface area contributed by atoms with Crippen molar-refractivity contribution < 1.29 is 25.0 Å². The minimum atomic E-state index is -3.92. The molecule has 1 aromatic rings. The number of benzene rings is 1. The number of nitrogens with zero attached hydrogens (tertiary/aromatic N) is 1. The van der Waals surface area contributed by atoms with E-state index in [2.05, 4.69) is 0 Å². The second-order valence-electron chi connectivity index (χ2n) is 3.10. The molecule has 1 rings (SSSR count). The molecule has 0 aromatic heterocycles. The van der Waals surface area contributed by atoms with Gasteiger partial charge >= 0.3 is 0 Å². The van der Waals surface area contributed by atoms with Gasteiger partial charge in [0.2, 0.25) is 0 Å². The highest BCUT2D eigenvalue weighted by Gasteiger charge is 2.19. The van der Waals surface area contributed by atoms with E-state index >= 15 is 0 Å². The van der Waals surface area contributed by atoms with Gasteiger partial charge in [-0.25, -0.2) is 0 Å². The minimum Gasteiger partial charge on any atom is -0.324 e. The first kappa shape index (κ1) is 2.89. The zero-order chi connectivity index (χ0) is 24.0. The van der Waals surface area contributed by atoms with Crippen LogP contribution >= 0.6 is 0 Å². The molecule has 15 heavy (non-hydrogen) atoms. The van der Waals surface area contributed by atoms with Crippen LogP contribution in [0.5, 0.6) is 0 Å². The van der Waals surface area contributed by atoms with Crippen LogP contribution in [-0.4, -0.2) is 30.5 Å². The Morgan fingerprint density at radius 1 is 1.07 bits per heavy atom. The molecule has 0 N–H and O–H groups in total. The van der Waals surface area contributed by atoms with Crippen LogP contribution < -0.4 is 0 Å². The van der Waals surface area contributed by atoms with Gasteiger partial charge in [0, 0.05) is 18.8 Å². The molecule has 84 valence electrons. The number of hydrogen-bond acceptors (Lipinski definition) is 0. The molecule has 0 spiro atoms. The molecule has 0 aliphatic rings. The van der Waals surface area contributed by atoms with Crippen molar-refractivity contribution in [3.8, 4) is 0 Å². The zero-order valence-corrected chi connectivity index (χ0v) is 8.25. The van der Waals surface area contributed by atoms with Crippen molar-refractivity contribution in [3.05, 3.63) is 35.9 Å². The first-order chi connectivity index (χ1) is 13.1. The topological polar surface area (TPSA) is 0 Å². The Kier molecular flexibility index (Phi) is 1.14. The maximum Gasteiger partial charge on any atom is 0.0921 e. The van der Waals surface area contributed by atoms with Gasteiger partial charge in [-0.3, -0.25) is 0 Å². The Morgan fingerprint density at radius 3 is 2.20 bits per heavy atom. The smallest absolute Gasteiger partial charge is 0.0921 e. The average molecular weight is 221 g/mol. The van der Waals surface area contributed by atoms with Gasteiger partial charge in [0.15, 0.2) is 0 Å². The highest BCUT2D eigenvalue weighted by molar-refractivity contribution is 5.14. The Bertz CT molecular complexity index is 649. The molecule has 0 atom stereocenters. The van der Waals surface area contributed by atoms with Crippen LogP contribution in [0.2, 0.25) is 0 Å². The first-order valence-corrected chi connectivity index (χ1v) is 4.50. The lowest BCUT2D eigenvalue weighted by atomic mass is 10.1. The maximum atomic E-state index is 8.22. The largest absolute Gasteiger partial charge is 0.324 e. The Balaban J connectivity index is 4.01. The normalized spacial score (nSPS) is 31.9. The van der Waals surface area contributed by atoms with E-state index in [0.29, 0.717) is 5.56 Å². The van der Waals surface area contributed by atoms with E-state index in [1.807, 2.05) is 0 Å². The zero-order valence-electron chi connectivity index (χ0n) is 23.2. The highest BCUT2D eigenvalue weighted by Crippen LogP contribution is 2.09. The summed E-state index contributed by atoms with van der Waals surface area (Å²) in [5, 5.41) is 0. The van der Waals surface area contributed by atoms with Gasteiger partial charge < -0.3 is 4.48 Å². The summed E-state index contributed by atoms with van der Waals surface area (Å²) < 4.78 is 115. The third-order valence-electron chi connectivity index (χ3n) is 2.15. The van der Waals surface area contributed by atoms with Crippen LogP contribution in [0.15, 0.2) is 30.3 Å². The van der Waals surface area contributed by atoms with E-state index in [-0.39, 0.29) is 6.42 Å². The summed E-state index contributed by atoms with van der Waals surface area (Å²) in [4.78, 5) is 0. The van der Waals surface area contributed by atoms with E-state index in [4.69, 9.17) is 20.6 Å². The predicted octanol–water partition coefficient (Wildman–Crippen LogP) is 3.11. The molecule has 0 saturated carbocycles. The monoisotopic (exact) mass is 221 g/mol. The van der Waals surface area contributed by atoms with E-state index in [0.717, 1.165) is 0 Å². The molecule has 1 aromatic carbocycles. The van der Waals surface area contributed by atoms with E-state index in [1.54, 1.807) is 18.2 Å². The van der Waals surface area contributed by atoms with Crippen LogP contribution in [0.3, 0.4) is 0 Å². The molecule has 0 fully saturated rings. The first-order valence-electron chi connectivity index (χ1n) is 12.0. The fraction of sp³-hybridized carbons (Fsp3) is 0.571. The minimum absolute atomic E-state index is 0.373.